The monoisotopic (exact) mass is 782 g/mol. The first-order valence-electron chi connectivity index (χ1n) is 16.5. The topological polar surface area (TPSA) is 356 Å². The van der Waals surface area contributed by atoms with Crippen molar-refractivity contribution in [2.45, 2.75) is 80.0 Å². The number of fused-ring (bicyclic) bond motifs is 1. The molecule has 300 valence electrons. The Morgan fingerprint density at radius 1 is 0.618 bits per heavy atom. The molecule has 6 rings (SSSR count). The first kappa shape index (κ1) is 39.6. The van der Waals surface area contributed by atoms with Gasteiger partial charge in [0.15, 0.2) is 29.1 Å². The number of aliphatic hydroxyl groups excluding tert-OH is 8. The lowest BCUT2D eigenvalue weighted by molar-refractivity contribution is -0.277. The van der Waals surface area contributed by atoms with Gasteiger partial charge in [0, 0.05) is 29.7 Å². The fraction of sp³-hybridized carbons (Fsp3) is 0.441. The minimum atomic E-state index is -1.90. The summed E-state index contributed by atoms with van der Waals surface area (Å²) in [6, 6.07) is 5.73. The van der Waals surface area contributed by atoms with Gasteiger partial charge in [-0.25, -0.2) is 4.79 Å². The quantitative estimate of drug-likeness (QED) is 0.0973. The normalized spacial score (nSPS) is 31.9. The summed E-state index contributed by atoms with van der Waals surface area (Å²) in [4.78, 5) is 13.5. The number of phenolic OH excluding ortho intramolecular Hbond substituents is 6. The van der Waals surface area contributed by atoms with Crippen molar-refractivity contribution in [2.24, 2.45) is 0 Å². The number of benzene rings is 3. The van der Waals surface area contributed by atoms with E-state index >= 15 is 0 Å². The smallest absolute Gasteiger partial charge is 0.338 e. The molecule has 0 amide bonds. The third kappa shape index (κ3) is 7.62. The maximum atomic E-state index is 13.5. The van der Waals surface area contributed by atoms with Crippen LogP contribution in [0, 0.1) is 0 Å². The molecule has 14 N–H and O–H groups in total. The third-order valence-corrected chi connectivity index (χ3v) is 9.28. The van der Waals surface area contributed by atoms with Crippen molar-refractivity contribution in [3.8, 4) is 51.7 Å². The first-order valence-corrected chi connectivity index (χ1v) is 16.5. The SMILES string of the molecule is O=C(OC1Cc2c(O)cc(O)cc2OC1c1cc(O)c(O[C@H]2O[C@H](CO)[C@@H](O)[C@H](O)[C@H]2O)c(O)c1)c1cc(O)c(O[C@H]2O[C@H](CO)[C@@H](O)[C@H](O)[C@H]2O)c(O)c1. The average Bonchev–Trinajstić information content (AvgIpc) is 3.14. The van der Waals surface area contributed by atoms with Crippen LogP contribution in [0.3, 0.4) is 0 Å². The molecule has 0 aliphatic carbocycles. The molecule has 0 spiro atoms. The lowest BCUT2D eigenvalue weighted by atomic mass is 9.93. The summed E-state index contributed by atoms with van der Waals surface area (Å²) in [6.07, 6.45) is -20.4. The highest BCUT2D eigenvalue weighted by atomic mass is 16.7. The molecule has 0 saturated carbocycles. The molecule has 3 aliphatic rings. The summed E-state index contributed by atoms with van der Waals surface area (Å²) >= 11 is 0. The first-order chi connectivity index (χ1) is 26.0. The molecule has 0 aromatic heterocycles. The van der Waals surface area contributed by atoms with Gasteiger partial charge in [-0.15, -0.1) is 0 Å². The Kier molecular flexibility index (Phi) is 11.2. The van der Waals surface area contributed by atoms with Crippen LogP contribution in [0.4, 0.5) is 0 Å². The van der Waals surface area contributed by atoms with Crippen LogP contribution < -0.4 is 14.2 Å². The number of carbonyl (C=O) groups is 1. The number of hydrogen-bond donors (Lipinski definition) is 14. The number of hydrogen-bond acceptors (Lipinski definition) is 21. The predicted octanol–water partition coefficient (Wildman–Crippen LogP) is -2.82. The maximum Gasteiger partial charge on any atom is 0.338 e. The number of aliphatic hydroxyl groups is 8. The summed E-state index contributed by atoms with van der Waals surface area (Å²) in [7, 11) is 0. The third-order valence-electron chi connectivity index (χ3n) is 9.28. The minimum absolute atomic E-state index is 0.0665. The van der Waals surface area contributed by atoms with Gasteiger partial charge < -0.3 is 99.9 Å². The Labute approximate surface area is 308 Å². The van der Waals surface area contributed by atoms with E-state index in [-0.39, 0.29) is 23.3 Å². The second kappa shape index (κ2) is 15.6. The zero-order valence-electron chi connectivity index (χ0n) is 28.1. The molecule has 2 saturated heterocycles. The van der Waals surface area contributed by atoms with Crippen LogP contribution >= 0.6 is 0 Å². The van der Waals surface area contributed by atoms with E-state index in [0.29, 0.717) is 0 Å². The summed E-state index contributed by atoms with van der Waals surface area (Å²) in [5, 5.41) is 144. The van der Waals surface area contributed by atoms with Gasteiger partial charge in [0.1, 0.15) is 72.2 Å². The Morgan fingerprint density at radius 3 is 1.56 bits per heavy atom. The van der Waals surface area contributed by atoms with Crippen molar-refractivity contribution in [3.05, 3.63) is 53.1 Å². The molecule has 12 atom stereocenters. The van der Waals surface area contributed by atoms with Crippen LogP contribution in [0.2, 0.25) is 0 Å². The molecular formula is C34H38O21. The molecule has 0 radical (unpaired) electrons. The standard InChI is InChI=1S/C34H38O21/c35-8-21-23(43)25(45)27(47)33(52-21)54-30-15(39)1-10(2-16(30)40)29-20(7-13-14(38)5-12(37)6-19(13)50-29)51-32(49)11-3-17(41)31(18(42)4-11)55-34-28(48)26(46)24(44)22(9-36)53-34/h1-6,20-29,33-48H,7-9H2/t20?,21-,22-,23-,24-,25+,26+,27-,28-,29?,33-,34-/m1/s1. The Morgan fingerprint density at radius 2 is 1.09 bits per heavy atom. The van der Waals surface area contributed by atoms with Gasteiger partial charge in [0.25, 0.3) is 0 Å². The van der Waals surface area contributed by atoms with Crippen molar-refractivity contribution in [1.29, 1.82) is 0 Å². The van der Waals surface area contributed by atoms with Crippen LogP contribution in [0.15, 0.2) is 36.4 Å². The molecule has 3 heterocycles. The Balaban J connectivity index is 1.26. The van der Waals surface area contributed by atoms with Crippen LogP contribution in [-0.2, 0) is 20.6 Å². The van der Waals surface area contributed by atoms with Crippen molar-refractivity contribution >= 4 is 5.97 Å². The van der Waals surface area contributed by atoms with Crippen LogP contribution in [-0.4, -0.2) is 158 Å². The zero-order chi connectivity index (χ0) is 40.0. The molecule has 2 unspecified atom stereocenters. The second-order valence-corrected chi connectivity index (χ2v) is 13.0. The van der Waals surface area contributed by atoms with E-state index < -0.39 is 144 Å². The van der Waals surface area contributed by atoms with Gasteiger partial charge in [0.2, 0.25) is 24.1 Å². The lowest BCUT2D eigenvalue weighted by Crippen LogP contribution is -2.60. The Bertz CT molecular complexity index is 1840. The van der Waals surface area contributed by atoms with Crippen LogP contribution in [0.1, 0.15) is 27.6 Å². The minimum Gasteiger partial charge on any atom is -0.508 e. The molecular weight excluding hydrogens is 744 g/mol. The lowest BCUT2D eigenvalue weighted by Gasteiger charge is -2.39. The van der Waals surface area contributed by atoms with Gasteiger partial charge in [-0.2, -0.15) is 0 Å². The summed E-state index contributed by atoms with van der Waals surface area (Å²) in [5.74, 6) is -6.91. The van der Waals surface area contributed by atoms with Crippen molar-refractivity contribution in [3.63, 3.8) is 0 Å². The van der Waals surface area contributed by atoms with Crippen LogP contribution in [0.25, 0.3) is 0 Å². The Hall–Kier alpha value is -5.07. The average molecular weight is 783 g/mol. The molecule has 21 nitrogen and oxygen atoms in total. The summed E-state index contributed by atoms with van der Waals surface area (Å²) in [5.41, 5.74) is -0.502. The largest absolute Gasteiger partial charge is 0.508 e. The fourth-order valence-corrected chi connectivity index (χ4v) is 6.34. The molecule has 55 heavy (non-hydrogen) atoms. The number of esters is 1. The van der Waals surface area contributed by atoms with Gasteiger partial charge in [-0.1, -0.05) is 0 Å². The van der Waals surface area contributed by atoms with Gasteiger partial charge >= 0.3 is 5.97 Å². The number of aromatic hydroxyl groups is 6. The number of ether oxygens (including phenoxy) is 6. The van der Waals surface area contributed by atoms with E-state index in [1.807, 2.05) is 0 Å². The molecule has 3 aromatic carbocycles. The predicted molar refractivity (Wildman–Crippen MR) is 174 cm³/mol. The molecule has 3 aliphatic heterocycles. The van der Waals surface area contributed by atoms with E-state index in [9.17, 15) is 76.3 Å². The van der Waals surface area contributed by atoms with Gasteiger partial charge in [-0.05, 0) is 24.3 Å². The van der Waals surface area contributed by atoms with Crippen molar-refractivity contribution in [1.82, 2.24) is 0 Å². The molecule has 0 bridgehead atoms. The molecule has 3 aromatic rings. The van der Waals surface area contributed by atoms with E-state index in [1.54, 1.807) is 0 Å². The highest BCUT2D eigenvalue weighted by Gasteiger charge is 2.47. The van der Waals surface area contributed by atoms with E-state index in [0.717, 1.165) is 36.4 Å². The second-order valence-electron chi connectivity index (χ2n) is 13.0. The van der Waals surface area contributed by atoms with Crippen LogP contribution in [0.5, 0.6) is 51.7 Å². The number of carbonyl (C=O) groups excluding carboxylic acids is 1. The molecule has 21 heteroatoms. The van der Waals surface area contributed by atoms with Crippen molar-refractivity contribution in [2.75, 3.05) is 13.2 Å². The highest BCUT2D eigenvalue weighted by Crippen LogP contribution is 2.47. The highest BCUT2D eigenvalue weighted by molar-refractivity contribution is 5.91. The van der Waals surface area contributed by atoms with E-state index in [1.165, 1.54) is 0 Å². The number of phenols is 6. The zero-order valence-corrected chi connectivity index (χ0v) is 28.1. The summed E-state index contributed by atoms with van der Waals surface area (Å²) < 4.78 is 32.9. The van der Waals surface area contributed by atoms with Crippen molar-refractivity contribution < 1.29 is 105 Å². The summed E-state index contributed by atoms with van der Waals surface area (Å²) in [6.45, 7) is -1.57. The molecule has 2 fully saturated rings. The van der Waals surface area contributed by atoms with E-state index in [4.69, 9.17) is 28.4 Å². The van der Waals surface area contributed by atoms with Gasteiger partial charge in [-0.3, -0.25) is 0 Å². The maximum absolute atomic E-state index is 13.5. The fourth-order valence-electron chi connectivity index (χ4n) is 6.34. The van der Waals surface area contributed by atoms with Gasteiger partial charge in [0.05, 0.1) is 18.8 Å². The van der Waals surface area contributed by atoms with E-state index in [2.05, 4.69) is 0 Å². The number of rotatable bonds is 9.